The molecule has 1 aromatic heterocycles. The van der Waals surface area contributed by atoms with E-state index in [4.69, 9.17) is 9.47 Å². The van der Waals surface area contributed by atoms with Gasteiger partial charge in [-0.1, -0.05) is 48.5 Å². The van der Waals surface area contributed by atoms with Crippen molar-refractivity contribution in [1.29, 1.82) is 0 Å². The molecule has 0 bridgehead atoms. The van der Waals surface area contributed by atoms with Crippen LogP contribution in [0.3, 0.4) is 0 Å². The Hall–Kier alpha value is -4.91. The number of rotatable bonds is 7. The third-order valence-electron chi connectivity index (χ3n) is 7.53. The van der Waals surface area contributed by atoms with Crippen LogP contribution >= 0.6 is 0 Å². The molecule has 3 fully saturated rings. The molecule has 3 aromatic rings. The van der Waals surface area contributed by atoms with E-state index in [1.54, 1.807) is 6.07 Å². The van der Waals surface area contributed by atoms with Crippen molar-refractivity contribution in [2.45, 2.75) is 50.7 Å². The largest absolute Gasteiger partial charge is 0.433 e. The molecule has 3 atom stereocenters. The molecule has 13 nitrogen and oxygen atoms in total. The fraction of sp³-hybridized carbons (Fsp3) is 0.345. The lowest BCUT2D eigenvalue weighted by molar-refractivity contribution is -0.169. The second kappa shape index (κ2) is 11.5. The highest BCUT2D eigenvalue weighted by atomic mass is 16.7. The van der Waals surface area contributed by atoms with Gasteiger partial charge in [-0.25, -0.2) is 19.8 Å². The molecular weight excluding hydrogens is 544 g/mol. The van der Waals surface area contributed by atoms with Gasteiger partial charge in [-0.3, -0.25) is 24.6 Å². The van der Waals surface area contributed by atoms with Crippen LogP contribution < -0.4 is 10.7 Å². The van der Waals surface area contributed by atoms with Gasteiger partial charge < -0.3 is 19.8 Å². The maximum atomic E-state index is 13.7. The summed E-state index contributed by atoms with van der Waals surface area (Å²) in [5.74, 6) is -1.97. The maximum absolute atomic E-state index is 13.7. The molecule has 0 radical (unpaired) electrons. The first-order valence-corrected chi connectivity index (χ1v) is 13.8. The van der Waals surface area contributed by atoms with Crippen LogP contribution in [0.2, 0.25) is 0 Å². The van der Waals surface area contributed by atoms with Crippen molar-refractivity contribution in [3.8, 4) is 0 Å². The molecule has 0 aliphatic carbocycles. The second-order valence-corrected chi connectivity index (χ2v) is 10.4. The monoisotopic (exact) mass is 574 g/mol. The molecule has 3 aliphatic heterocycles. The van der Waals surface area contributed by atoms with E-state index in [2.05, 4.69) is 15.7 Å². The summed E-state index contributed by atoms with van der Waals surface area (Å²) >= 11 is 0. The number of esters is 1. The number of cyclic esters (lactones) is 1. The molecule has 2 aromatic carbocycles. The van der Waals surface area contributed by atoms with Gasteiger partial charge in [0.05, 0.1) is 19.6 Å². The molecule has 3 N–H and O–H groups in total. The summed E-state index contributed by atoms with van der Waals surface area (Å²) in [7, 11) is 0. The highest BCUT2D eigenvalue weighted by molar-refractivity contribution is 5.99. The summed E-state index contributed by atoms with van der Waals surface area (Å²) in [5.41, 5.74) is 4.48. The number of urea groups is 1. The molecule has 3 aliphatic rings. The molecule has 3 saturated heterocycles. The van der Waals surface area contributed by atoms with Gasteiger partial charge in [-0.2, -0.15) is 0 Å². The molecule has 1 unspecified atom stereocenters. The number of aromatic amines is 1. The highest BCUT2D eigenvalue weighted by Crippen LogP contribution is 2.25. The van der Waals surface area contributed by atoms with E-state index >= 15 is 0 Å². The fourth-order valence-electron chi connectivity index (χ4n) is 5.43. The average Bonchev–Trinajstić information content (AvgIpc) is 3.57. The second-order valence-electron chi connectivity index (χ2n) is 10.4. The molecule has 5 amide bonds. The van der Waals surface area contributed by atoms with E-state index in [1.165, 1.54) is 5.01 Å². The topological polar surface area (TPSA) is 153 Å². The van der Waals surface area contributed by atoms with Gasteiger partial charge >= 0.3 is 12.0 Å². The number of hydrogen-bond acceptors (Lipinski definition) is 7. The number of carbonyl (C=O) groups is 5. The number of fused-ring (bicyclic) bond motifs is 2. The Morgan fingerprint density at radius 3 is 2.62 bits per heavy atom. The molecular formula is C29H30N6O7. The van der Waals surface area contributed by atoms with Gasteiger partial charge in [0.25, 0.3) is 5.91 Å². The van der Waals surface area contributed by atoms with Crippen molar-refractivity contribution >= 4 is 40.6 Å². The van der Waals surface area contributed by atoms with Gasteiger partial charge in [-0.05, 0) is 30.5 Å². The quantitative estimate of drug-likeness (QED) is 0.364. The smallest absolute Gasteiger partial charge is 0.358 e. The lowest BCUT2D eigenvalue weighted by Gasteiger charge is -2.43. The minimum absolute atomic E-state index is 0.0378. The number of amides is 5. The summed E-state index contributed by atoms with van der Waals surface area (Å²) < 4.78 is 11.1. The molecule has 13 heteroatoms. The van der Waals surface area contributed by atoms with Crippen LogP contribution in [0.1, 0.15) is 41.7 Å². The first-order valence-electron chi connectivity index (χ1n) is 13.8. The Labute approximate surface area is 240 Å². The number of ether oxygens (including phenoxy) is 2. The number of nitrogens with one attached hydrogen (secondary N) is 3. The number of aromatic nitrogens is 1. The number of hydrogen-bond donors (Lipinski definition) is 3. The van der Waals surface area contributed by atoms with Crippen LogP contribution in [0.25, 0.3) is 10.9 Å². The van der Waals surface area contributed by atoms with Crippen molar-refractivity contribution < 1.29 is 33.4 Å². The summed E-state index contributed by atoms with van der Waals surface area (Å²) in [6.07, 6.45) is -0.369. The molecule has 6 rings (SSSR count). The number of benzene rings is 2. The lowest BCUT2D eigenvalue weighted by atomic mass is 10.1. The van der Waals surface area contributed by atoms with Gasteiger partial charge in [0.15, 0.2) is 0 Å². The van der Waals surface area contributed by atoms with Crippen LogP contribution in [0.5, 0.6) is 0 Å². The lowest BCUT2D eigenvalue weighted by Crippen LogP contribution is -2.65. The number of carbonyl (C=O) groups excluding carboxylic acids is 5. The Morgan fingerprint density at radius 2 is 1.81 bits per heavy atom. The number of para-hydroxylation sites is 1. The van der Waals surface area contributed by atoms with Gasteiger partial charge in [0, 0.05) is 23.9 Å². The maximum Gasteiger partial charge on any atom is 0.358 e. The normalized spacial score (nSPS) is 22.5. The third-order valence-corrected chi connectivity index (χ3v) is 7.53. The van der Waals surface area contributed by atoms with E-state index < -0.39 is 42.2 Å². The van der Waals surface area contributed by atoms with Crippen molar-refractivity contribution in [3.63, 3.8) is 0 Å². The first kappa shape index (κ1) is 27.3. The predicted molar refractivity (Wildman–Crippen MR) is 147 cm³/mol. The van der Waals surface area contributed by atoms with Crippen LogP contribution in [0.15, 0.2) is 60.7 Å². The standard InChI is InChI=1S/C29H30N6O7/c36-24-12-14-33(32-26(38)21-15-19-9-4-5-10-20(19)30-21)29(40)35-23(11-6-13-34(24)35)27(39)31-22-16-25(37)42-28(22)41-17-18-7-2-1-3-8-18/h1-5,7-10,15,22-23,28,30H,6,11-14,16-17H2,(H,31,39)(H,32,38)/t22-,23-,28?/m0/s1. The fourth-order valence-corrected chi connectivity index (χ4v) is 5.43. The third kappa shape index (κ3) is 5.50. The Morgan fingerprint density at radius 1 is 1.02 bits per heavy atom. The first-order chi connectivity index (χ1) is 20.4. The minimum atomic E-state index is -1.05. The highest BCUT2D eigenvalue weighted by Gasteiger charge is 2.46. The van der Waals surface area contributed by atoms with Crippen molar-refractivity contribution in [3.05, 3.63) is 71.9 Å². The van der Waals surface area contributed by atoms with E-state index in [0.29, 0.717) is 6.42 Å². The molecule has 42 heavy (non-hydrogen) atoms. The molecule has 218 valence electrons. The average molecular weight is 575 g/mol. The summed E-state index contributed by atoms with van der Waals surface area (Å²) in [4.78, 5) is 68.5. The van der Waals surface area contributed by atoms with Crippen LogP contribution in [0.4, 0.5) is 4.79 Å². The van der Waals surface area contributed by atoms with E-state index in [-0.39, 0.29) is 50.6 Å². The van der Waals surface area contributed by atoms with Gasteiger partial charge in [-0.15, -0.1) is 0 Å². The van der Waals surface area contributed by atoms with E-state index in [1.807, 2.05) is 54.6 Å². The molecule has 0 spiro atoms. The van der Waals surface area contributed by atoms with E-state index in [0.717, 1.165) is 26.5 Å². The zero-order chi connectivity index (χ0) is 29.2. The van der Waals surface area contributed by atoms with Crippen LogP contribution in [-0.4, -0.2) is 81.2 Å². The predicted octanol–water partition coefficient (Wildman–Crippen LogP) is 1.82. The van der Waals surface area contributed by atoms with Crippen LogP contribution in [-0.2, 0) is 30.5 Å². The zero-order valence-corrected chi connectivity index (χ0v) is 22.7. The van der Waals surface area contributed by atoms with Crippen molar-refractivity contribution in [1.82, 2.24) is 30.8 Å². The number of nitrogens with zero attached hydrogens (tertiary/aromatic N) is 3. The summed E-state index contributed by atoms with van der Waals surface area (Å²) in [5, 5.41) is 7.07. The molecule has 0 saturated carbocycles. The zero-order valence-electron chi connectivity index (χ0n) is 22.7. The van der Waals surface area contributed by atoms with Crippen molar-refractivity contribution in [2.75, 3.05) is 13.1 Å². The number of H-pyrrole nitrogens is 1. The Bertz CT molecular complexity index is 1490. The summed E-state index contributed by atoms with van der Waals surface area (Å²) in [6, 6.07) is 15.8. The summed E-state index contributed by atoms with van der Waals surface area (Å²) in [6.45, 7) is 0.365. The van der Waals surface area contributed by atoms with E-state index in [9.17, 15) is 24.0 Å². The van der Waals surface area contributed by atoms with Gasteiger partial charge in [0.2, 0.25) is 18.1 Å². The van der Waals surface area contributed by atoms with Crippen molar-refractivity contribution in [2.24, 2.45) is 0 Å². The molecule has 4 heterocycles. The van der Waals surface area contributed by atoms with Gasteiger partial charge in [0.1, 0.15) is 17.8 Å². The van der Waals surface area contributed by atoms with Crippen LogP contribution in [0, 0.1) is 0 Å². The Balaban J connectivity index is 1.16. The number of hydrazine groups is 2. The minimum Gasteiger partial charge on any atom is -0.433 e. The SMILES string of the molecule is O=C1C[C@H](NC(=O)[C@@H]2CCCN3C(=O)CCN(NC(=O)c4cc5ccccc5[nH]4)C(=O)N23)C(OCc2ccccc2)O1. The Kier molecular flexibility index (Phi) is 7.48.